The maximum Gasteiger partial charge on any atom is 0.0483 e. The first-order valence-corrected chi connectivity index (χ1v) is 6.59. The summed E-state index contributed by atoms with van der Waals surface area (Å²) < 4.78 is 5.46. The van der Waals surface area contributed by atoms with Gasteiger partial charge in [0.1, 0.15) is 0 Å². The Morgan fingerprint density at radius 3 is 2.94 bits per heavy atom. The Kier molecular flexibility index (Phi) is 4.08. The second-order valence-corrected chi connectivity index (χ2v) is 5.51. The van der Waals surface area contributed by atoms with Crippen molar-refractivity contribution >= 4 is 11.6 Å². The van der Waals surface area contributed by atoms with Crippen LogP contribution in [0.2, 0.25) is 5.02 Å². The Bertz CT molecular complexity index is 384. The molecule has 2 nitrogen and oxygen atoms in total. The van der Waals surface area contributed by atoms with Gasteiger partial charge < -0.3 is 10.5 Å². The fraction of sp³-hybridized carbons (Fsp3) is 0.571. The van der Waals surface area contributed by atoms with Gasteiger partial charge in [-0.3, -0.25) is 0 Å². The summed E-state index contributed by atoms with van der Waals surface area (Å²) in [5.41, 5.74) is 8.65. The molecule has 1 aliphatic heterocycles. The molecule has 1 heterocycles. The molecule has 0 aromatic heterocycles. The van der Waals surface area contributed by atoms with E-state index >= 15 is 0 Å². The molecule has 1 atom stereocenters. The van der Waals surface area contributed by atoms with Crippen LogP contribution in [0.4, 0.5) is 0 Å². The highest BCUT2D eigenvalue weighted by atomic mass is 35.5. The second kappa shape index (κ2) is 5.38. The fourth-order valence-electron chi connectivity index (χ4n) is 2.38. The number of halogens is 1. The van der Waals surface area contributed by atoms with Crippen LogP contribution in [0.1, 0.15) is 30.4 Å². The van der Waals surface area contributed by atoms with Crippen LogP contribution in [0.25, 0.3) is 0 Å². The Balaban J connectivity index is 2.12. The number of rotatable bonds is 2. The van der Waals surface area contributed by atoms with Crippen LogP contribution in [0, 0.1) is 6.92 Å². The fourth-order valence-corrected chi connectivity index (χ4v) is 2.68. The SMILES string of the molecule is Cc1ccc(CC2(N)CCCOCC2)c(Cl)c1. The molecule has 0 saturated carbocycles. The summed E-state index contributed by atoms with van der Waals surface area (Å²) in [7, 11) is 0. The van der Waals surface area contributed by atoms with Crippen LogP contribution in [0.15, 0.2) is 18.2 Å². The van der Waals surface area contributed by atoms with Gasteiger partial charge in [0.15, 0.2) is 0 Å². The van der Waals surface area contributed by atoms with Gasteiger partial charge >= 0.3 is 0 Å². The van der Waals surface area contributed by atoms with Crippen molar-refractivity contribution in [1.29, 1.82) is 0 Å². The molecule has 0 aliphatic carbocycles. The predicted octanol–water partition coefficient (Wildman–Crippen LogP) is 3.09. The number of hydrogen-bond donors (Lipinski definition) is 1. The molecule has 94 valence electrons. The molecule has 17 heavy (non-hydrogen) atoms. The summed E-state index contributed by atoms with van der Waals surface area (Å²) >= 11 is 6.26. The van der Waals surface area contributed by atoms with Gasteiger partial charge in [-0.25, -0.2) is 0 Å². The summed E-state index contributed by atoms with van der Waals surface area (Å²) in [6, 6.07) is 6.20. The number of aryl methyl sites for hydroxylation is 1. The van der Waals surface area contributed by atoms with Gasteiger partial charge in [-0.2, -0.15) is 0 Å². The number of hydrogen-bond acceptors (Lipinski definition) is 2. The molecule has 3 heteroatoms. The van der Waals surface area contributed by atoms with Crippen molar-refractivity contribution < 1.29 is 4.74 Å². The summed E-state index contributed by atoms with van der Waals surface area (Å²) in [5.74, 6) is 0. The summed E-state index contributed by atoms with van der Waals surface area (Å²) in [6.45, 7) is 3.65. The van der Waals surface area contributed by atoms with E-state index in [1.165, 1.54) is 5.56 Å². The lowest BCUT2D eigenvalue weighted by atomic mass is 9.85. The number of ether oxygens (including phenoxy) is 1. The zero-order valence-electron chi connectivity index (χ0n) is 10.3. The van der Waals surface area contributed by atoms with Crippen LogP contribution in [0.3, 0.4) is 0 Å². The third-order valence-corrected chi connectivity index (χ3v) is 3.81. The van der Waals surface area contributed by atoms with Gasteiger partial charge in [0, 0.05) is 23.8 Å². The highest BCUT2D eigenvalue weighted by Crippen LogP contribution is 2.27. The van der Waals surface area contributed by atoms with Gasteiger partial charge in [0.2, 0.25) is 0 Å². The summed E-state index contributed by atoms with van der Waals surface area (Å²) in [5, 5.41) is 0.833. The highest BCUT2D eigenvalue weighted by Gasteiger charge is 2.27. The molecular weight excluding hydrogens is 234 g/mol. The molecule has 1 saturated heterocycles. The van der Waals surface area contributed by atoms with Crippen molar-refractivity contribution in [2.24, 2.45) is 5.73 Å². The van der Waals surface area contributed by atoms with Gasteiger partial charge in [-0.15, -0.1) is 0 Å². The molecular formula is C14H20ClNO. The minimum absolute atomic E-state index is 0.157. The zero-order valence-corrected chi connectivity index (χ0v) is 11.1. The molecule has 1 aliphatic rings. The predicted molar refractivity (Wildman–Crippen MR) is 71.5 cm³/mol. The molecule has 2 N–H and O–H groups in total. The van der Waals surface area contributed by atoms with Crippen molar-refractivity contribution in [3.63, 3.8) is 0 Å². The molecule has 0 amide bonds. The first kappa shape index (κ1) is 12.9. The van der Waals surface area contributed by atoms with Crippen LogP contribution in [-0.4, -0.2) is 18.8 Å². The van der Waals surface area contributed by atoms with E-state index in [0.717, 1.165) is 49.5 Å². The Morgan fingerprint density at radius 2 is 2.18 bits per heavy atom. The van der Waals surface area contributed by atoms with Crippen LogP contribution < -0.4 is 5.73 Å². The van der Waals surface area contributed by atoms with Gasteiger partial charge in [0.25, 0.3) is 0 Å². The Morgan fingerprint density at radius 1 is 1.35 bits per heavy atom. The maximum absolute atomic E-state index is 6.46. The van der Waals surface area contributed by atoms with E-state index < -0.39 is 0 Å². The first-order valence-electron chi connectivity index (χ1n) is 6.21. The first-order chi connectivity index (χ1) is 8.09. The minimum Gasteiger partial charge on any atom is -0.381 e. The van der Waals surface area contributed by atoms with Crippen LogP contribution in [0.5, 0.6) is 0 Å². The van der Waals surface area contributed by atoms with Gasteiger partial charge in [-0.05, 0) is 49.8 Å². The molecule has 2 rings (SSSR count). The average Bonchev–Trinajstić information content (AvgIpc) is 2.48. The smallest absolute Gasteiger partial charge is 0.0483 e. The Hall–Kier alpha value is -0.570. The van der Waals surface area contributed by atoms with Crippen molar-refractivity contribution in [3.05, 3.63) is 34.3 Å². The third-order valence-electron chi connectivity index (χ3n) is 3.46. The molecule has 0 radical (unpaired) electrons. The van der Waals surface area contributed by atoms with Crippen LogP contribution >= 0.6 is 11.6 Å². The molecule has 1 fully saturated rings. The van der Waals surface area contributed by atoms with Crippen molar-refractivity contribution in [1.82, 2.24) is 0 Å². The molecule has 1 aromatic carbocycles. The van der Waals surface area contributed by atoms with E-state index in [1.807, 2.05) is 13.0 Å². The molecule has 0 spiro atoms. The molecule has 0 bridgehead atoms. The van der Waals surface area contributed by atoms with Crippen LogP contribution in [-0.2, 0) is 11.2 Å². The van der Waals surface area contributed by atoms with E-state index in [2.05, 4.69) is 12.1 Å². The Labute approximate surface area is 108 Å². The van der Waals surface area contributed by atoms with Gasteiger partial charge in [-0.1, -0.05) is 23.7 Å². The van der Waals surface area contributed by atoms with Gasteiger partial charge in [0.05, 0.1) is 0 Å². The lowest BCUT2D eigenvalue weighted by Crippen LogP contribution is -2.42. The van der Waals surface area contributed by atoms with E-state index in [1.54, 1.807) is 0 Å². The lowest BCUT2D eigenvalue weighted by Gasteiger charge is -2.28. The topological polar surface area (TPSA) is 35.2 Å². The average molecular weight is 254 g/mol. The minimum atomic E-state index is -0.157. The van der Waals surface area contributed by atoms with E-state index in [-0.39, 0.29) is 5.54 Å². The standard InChI is InChI=1S/C14H20ClNO/c1-11-3-4-12(13(15)9-11)10-14(16)5-2-7-17-8-6-14/h3-4,9H,2,5-8,10,16H2,1H3. The van der Waals surface area contributed by atoms with Crippen molar-refractivity contribution in [3.8, 4) is 0 Å². The highest BCUT2D eigenvalue weighted by molar-refractivity contribution is 6.31. The number of benzene rings is 1. The monoisotopic (exact) mass is 253 g/mol. The van der Waals surface area contributed by atoms with Crippen molar-refractivity contribution in [2.45, 2.75) is 38.1 Å². The molecule has 1 unspecified atom stereocenters. The summed E-state index contributed by atoms with van der Waals surface area (Å²) in [4.78, 5) is 0. The van der Waals surface area contributed by atoms with E-state index in [4.69, 9.17) is 22.1 Å². The largest absolute Gasteiger partial charge is 0.381 e. The van der Waals surface area contributed by atoms with E-state index in [9.17, 15) is 0 Å². The van der Waals surface area contributed by atoms with E-state index in [0.29, 0.717) is 0 Å². The maximum atomic E-state index is 6.46. The third kappa shape index (κ3) is 3.44. The summed E-state index contributed by atoms with van der Waals surface area (Å²) in [6.07, 6.45) is 3.81. The normalized spacial score (nSPS) is 25.6. The molecule has 1 aromatic rings. The zero-order chi connectivity index (χ0) is 12.3. The second-order valence-electron chi connectivity index (χ2n) is 5.10. The number of nitrogens with two attached hydrogens (primary N) is 1. The van der Waals surface area contributed by atoms with Crippen molar-refractivity contribution in [2.75, 3.05) is 13.2 Å². The lowest BCUT2D eigenvalue weighted by molar-refractivity contribution is 0.139. The quantitative estimate of drug-likeness (QED) is 0.879.